The number of rotatable bonds is 1. The van der Waals surface area contributed by atoms with Crippen LogP contribution in [-0.2, 0) is 0 Å². The molecule has 10 heavy (non-hydrogen) atoms. The van der Waals surface area contributed by atoms with Gasteiger partial charge in [0.25, 0.3) is 0 Å². The second kappa shape index (κ2) is 2.80. The van der Waals surface area contributed by atoms with Crippen molar-refractivity contribution in [2.24, 2.45) is 0 Å². The fourth-order valence-corrected chi connectivity index (χ4v) is 0.866. The Hall–Kier alpha value is -0.890. The first kappa shape index (κ1) is 7.22. The highest BCUT2D eigenvalue weighted by atomic mass is 35.5. The minimum atomic E-state index is 0.613. The Morgan fingerprint density at radius 2 is 2.20 bits per heavy atom. The van der Waals surface area contributed by atoms with Gasteiger partial charge < -0.3 is 10.0 Å². The van der Waals surface area contributed by atoms with Crippen molar-refractivity contribution in [1.82, 2.24) is 0 Å². The molecule has 1 rings (SSSR count). The third kappa shape index (κ3) is 1.33. The Bertz CT molecular complexity index is 237. The molecule has 0 bridgehead atoms. The van der Waals surface area contributed by atoms with E-state index in [1.165, 1.54) is 0 Å². The average Bonchev–Trinajstić information content (AvgIpc) is 1.94. The summed E-state index contributed by atoms with van der Waals surface area (Å²) < 4.78 is 4.52. The van der Waals surface area contributed by atoms with Crippen molar-refractivity contribution in [2.75, 3.05) is 5.73 Å². The number of halogens is 1. The first-order valence-corrected chi connectivity index (χ1v) is 3.19. The molecule has 0 aliphatic carbocycles. The van der Waals surface area contributed by atoms with Gasteiger partial charge in [-0.15, -0.1) is 0 Å². The molecule has 0 saturated carbocycles. The predicted octanol–water partition coefficient (Wildman–Crippen LogP) is 2.11. The van der Waals surface area contributed by atoms with Crippen LogP contribution in [0.3, 0.4) is 0 Å². The monoisotopic (exact) mass is 157 g/mol. The molecular weight excluding hydrogens is 150 g/mol. The van der Waals surface area contributed by atoms with E-state index < -0.39 is 0 Å². The lowest BCUT2D eigenvalue weighted by molar-refractivity contribution is 0.614. The van der Waals surface area contributed by atoms with Crippen LogP contribution < -0.4 is 10.0 Å². The van der Waals surface area contributed by atoms with Crippen molar-refractivity contribution in [1.29, 1.82) is 0 Å². The molecule has 54 valence electrons. The zero-order valence-corrected chi connectivity index (χ0v) is 6.35. The maximum atomic E-state index is 5.46. The van der Waals surface area contributed by atoms with Gasteiger partial charge in [-0.2, -0.15) is 0 Å². The molecule has 0 aliphatic rings. The normalized spacial score (nSPS) is 9.40. The Labute approximate surface area is 64.7 Å². The molecule has 0 aromatic heterocycles. The van der Waals surface area contributed by atoms with E-state index in [4.69, 9.17) is 17.6 Å². The van der Waals surface area contributed by atoms with Crippen LogP contribution in [0.25, 0.3) is 0 Å². The van der Waals surface area contributed by atoms with Crippen LogP contribution >= 0.6 is 11.9 Å². The summed E-state index contributed by atoms with van der Waals surface area (Å²) in [6.07, 6.45) is 0. The zero-order valence-electron chi connectivity index (χ0n) is 5.60. The van der Waals surface area contributed by atoms with Gasteiger partial charge in [0.05, 0.1) is 0 Å². The fraction of sp³-hybridized carbons (Fsp3) is 0.143. The van der Waals surface area contributed by atoms with Crippen LogP contribution in [0.4, 0.5) is 5.69 Å². The molecule has 0 unspecified atom stereocenters. The summed E-state index contributed by atoms with van der Waals surface area (Å²) in [5.74, 6) is 0.613. The van der Waals surface area contributed by atoms with Gasteiger partial charge in [0.2, 0.25) is 0 Å². The number of hydrogen-bond acceptors (Lipinski definition) is 2. The highest BCUT2D eigenvalue weighted by Gasteiger charge is 1.97. The highest BCUT2D eigenvalue weighted by Crippen LogP contribution is 2.21. The summed E-state index contributed by atoms with van der Waals surface area (Å²) in [6, 6.07) is 5.34. The summed E-state index contributed by atoms with van der Waals surface area (Å²) in [5.41, 5.74) is 7.09. The van der Waals surface area contributed by atoms with Crippen LogP contribution in [0.5, 0.6) is 5.75 Å². The standard InChI is InChI=1S/C7H8ClNO/c1-5-2-3-6(9)4-7(5)10-8/h2-4H,9H2,1H3. The van der Waals surface area contributed by atoms with Crippen LogP contribution in [0.1, 0.15) is 5.56 Å². The van der Waals surface area contributed by atoms with Crippen molar-refractivity contribution in [3.8, 4) is 5.75 Å². The maximum absolute atomic E-state index is 5.46. The molecule has 0 aliphatic heterocycles. The predicted molar refractivity (Wildman–Crippen MR) is 42.1 cm³/mol. The van der Waals surface area contributed by atoms with Gasteiger partial charge in [-0.3, -0.25) is 0 Å². The summed E-state index contributed by atoms with van der Waals surface area (Å²) in [5, 5.41) is 0. The van der Waals surface area contributed by atoms with E-state index in [1.54, 1.807) is 12.1 Å². The molecule has 0 amide bonds. The van der Waals surface area contributed by atoms with Gasteiger partial charge in [0.15, 0.2) is 5.75 Å². The number of benzene rings is 1. The van der Waals surface area contributed by atoms with Gasteiger partial charge in [-0.1, -0.05) is 6.07 Å². The maximum Gasteiger partial charge on any atom is 0.151 e. The van der Waals surface area contributed by atoms with Crippen molar-refractivity contribution in [3.63, 3.8) is 0 Å². The van der Waals surface area contributed by atoms with Crippen molar-refractivity contribution >= 4 is 17.6 Å². The van der Waals surface area contributed by atoms with E-state index in [-0.39, 0.29) is 0 Å². The molecule has 1 aromatic rings. The number of hydrogen-bond donors (Lipinski definition) is 1. The van der Waals surface area contributed by atoms with E-state index in [9.17, 15) is 0 Å². The summed E-state index contributed by atoms with van der Waals surface area (Å²) in [7, 11) is 0. The van der Waals surface area contributed by atoms with E-state index >= 15 is 0 Å². The molecule has 3 heteroatoms. The first-order valence-electron chi connectivity index (χ1n) is 2.89. The molecule has 0 radical (unpaired) electrons. The second-order valence-electron chi connectivity index (χ2n) is 2.10. The number of nitrogens with two attached hydrogens (primary N) is 1. The van der Waals surface area contributed by atoms with Crippen molar-refractivity contribution < 1.29 is 4.29 Å². The molecule has 0 atom stereocenters. The molecule has 2 nitrogen and oxygen atoms in total. The lowest BCUT2D eigenvalue weighted by Crippen LogP contribution is -1.86. The lowest BCUT2D eigenvalue weighted by atomic mass is 10.2. The Morgan fingerprint density at radius 3 is 2.70 bits per heavy atom. The van der Waals surface area contributed by atoms with Crippen LogP contribution in [0.15, 0.2) is 18.2 Å². The average molecular weight is 158 g/mol. The van der Waals surface area contributed by atoms with Gasteiger partial charge in [-0.05, 0) is 18.6 Å². The van der Waals surface area contributed by atoms with Gasteiger partial charge in [-0.25, -0.2) is 0 Å². The molecule has 0 heterocycles. The van der Waals surface area contributed by atoms with Crippen LogP contribution in [0.2, 0.25) is 0 Å². The van der Waals surface area contributed by atoms with Crippen molar-refractivity contribution in [3.05, 3.63) is 23.8 Å². The summed E-state index contributed by atoms with van der Waals surface area (Å²) >= 11 is 5.15. The SMILES string of the molecule is Cc1ccc(N)cc1OCl. The minimum Gasteiger partial charge on any atom is -0.399 e. The quantitative estimate of drug-likeness (QED) is 0.634. The Balaban J connectivity index is 3.09. The highest BCUT2D eigenvalue weighted by molar-refractivity contribution is 6.09. The number of anilines is 1. The fourth-order valence-electron chi connectivity index (χ4n) is 0.700. The topological polar surface area (TPSA) is 35.2 Å². The van der Waals surface area contributed by atoms with Crippen LogP contribution in [0, 0.1) is 6.92 Å². The molecule has 1 aromatic carbocycles. The van der Waals surface area contributed by atoms with E-state index in [0.29, 0.717) is 11.4 Å². The van der Waals surface area contributed by atoms with E-state index in [0.717, 1.165) is 5.56 Å². The smallest absolute Gasteiger partial charge is 0.151 e. The molecule has 0 spiro atoms. The minimum absolute atomic E-state index is 0.613. The van der Waals surface area contributed by atoms with Gasteiger partial charge >= 0.3 is 0 Å². The largest absolute Gasteiger partial charge is 0.399 e. The summed E-state index contributed by atoms with van der Waals surface area (Å²) in [4.78, 5) is 0. The van der Waals surface area contributed by atoms with Crippen molar-refractivity contribution in [2.45, 2.75) is 6.92 Å². The van der Waals surface area contributed by atoms with E-state index in [1.807, 2.05) is 13.0 Å². The lowest BCUT2D eigenvalue weighted by Gasteiger charge is -2.00. The van der Waals surface area contributed by atoms with E-state index in [2.05, 4.69) is 4.29 Å². The van der Waals surface area contributed by atoms with Gasteiger partial charge in [0.1, 0.15) is 11.9 Å². The zero-order chi connectivity index (χ0) is 7.56. The first-order chi connectivity index (χ1) is 4.74. The second-order valence-corrected chi connectivity index (χ2v) is 2.26. The molecule has 0 fully saturated rings. The Morgan fingerprint density at radius 1 is 1.50 bits per heavy atom. The van der Waals surface area contributed by atoms with Gasteiger partial charge in [0, 0.05) is 11.8 Å². The van der Waals surface area contributed by atoms with Crippen LogP contribution in [-0.4, -0.2) is 0 Å². The third-order valence-electron chi connectivity index (χ3n) is 1.30. The third-order valence-corrected chi connectivity index (χ3v) is 1.46. The Kier molecular flexibility index (Phi) is 2.02. The summed E-state index contributed by atoms with van der Waals surface area (Å²) in [6.45, 7) is 1.90. The molecular formula is C7H8ClNO. The number of nitrogen functional groups attached to an aromatic ring is 1. The number of aryl methyl sites for hydroxylation is 1. The molecule has 0 saturated heterocycles. The molecule has 2 N–H and O–H groups in total.